The average molecular weight is 612 g/mol. The minimum Gasteiger partial charge on any atom is -0.228 e. The molecule has 9 rings (SSSR count). The Kier molecular flexibility index (Phi) is 6.57. The monoisotopic (exact) mass is 611 g/mol. The highest BCUT2D eigenvalue weighted by Gasteiger charge is 2.15. The van der Waals surface area contributed by atoms with E-state index >= 15 is 0 Å². The van der Waals surface area contributed by atoms with Gasteiger partial charge in [0.25, 0.3) is 0 Å². The van der Waals surface area contributed by atoms with Gasteiger partial charge in [-0.05, 0) is 72.7 Å². The normalized spacial score (nSPS) is 11.6. The van der Waals surface area contributed by atoms with E-state index in [1.54, 1.807) is 0 Å². The van der Waals surface area contributed by atoms with Crippen molar-refractivity contribution < 1.29 is 1.37 Å². The Bertz CT molecular complexity index is 2650. The smallest absolute Gasteiger partial charge is 0.160 e. The van der Waals surface area contributed by atoms with Gasteiger partial charge in [0.05, 0.1) is 12.8 Å². The Labute approximate surface area is 281 Å². The summed E-state index contributed by atoms with van der Waals surface area (Å²) in [6.07, 6.45) is 0. The summed E-state index contributed by atoms with van der Waals surface area (Å²) in [7, 11) is 0. The molecule has 0 aliphatic rings. The molecule has 0 spiro atoms. The maximum absolute atomic E-state index is 9.44. The molecule has 1 heterocycles. The predicted octanol–water partition coefficient (Wildman–Crippen LogP) is 12.3. The second-order valence-electron chi connectivity index (χ2n) is 12.1. The van der Waals surface area contributed by atoms with Gasteiger partial charge in [-0.1, -0.05) is 164 Å². The van der Waals surface area contributed by atoms with Gasteiger partial charge in [-0.15, -0.1) is 0 Å². The number of hydrogen-bond donors (Lipinski definition) is 0. The molecule has 0 aliphatic heterocycles. The van der Waals surface area contributed by atoms with Crippen LogP contribution in [-0.2, 0) is 0 Å². The first kappa shape index (κ1) is 26.8. The van der Waals surface area contributed by atoms with E-state index in [0.29, 0.717) is 23.3 Å². The average Bonchev–Trinajstić information content (AvgIpc) is 3.18. The molecule has 48 heavy (non-hydrogen) atoms. The van der Waals surface area contributed by atoms with Crippen LogP contribution in [0.1, 0.15) is 1.37 Å². The van der Waals surface area contributed by atoms with Crippen molar-refractivity contribution in [2.45, 2.75) is 0 Å². The molecule has 0 saturated heterocycles. The number of rotatable bonds is 5. The molecule has 224 valence electrons. The van der Waals surface area contributed by atoms with Crippen molar-refractivity contribution >= 4 is 32.3 Å². The first-order valence-corrected chi connectivity index (χ1v) is 16.3. The minimum absolute atomic E-state index is 0.305. The van der Waals surface area contributed by atoms with Crippen molar-refractivity contribution in [2.75, 3.05) is 0 Å². The van der Waals surface area contributed by atoms with Gasteiger partial charge in [0.2, 0.25) is 0 Å². The summed E-state index contributed by atoms with van der Waals surface area (Å²) in [5.74, 6) is 0.600. The van der Waals surface area contributed by atoms with Gasteiger partial charge in [-0.3, -0.25) is 0 Å². The topological polar surface area (TPSA) is 25.8 Å². The van der Waals surface area contributed by atoms with Crippen LogP contribution in [0.2, 0.25) is 0 Å². The van der Waals surface area contributed by atoms with Gasteiger partial charge in [0.15, 0.2) is 5.82 Å². The number of aromatic nitrogens is 2. The molecule has 0 N–H and O–H groups in total. The van der Waals surface area contributed by atoms with Crippen LogP contribution in [0, 0.1) is 0 Å². The molecule has 0 aliphatic carbocycles. The maximum atomic E-state index is 9.44. The summed E-state index contributed by atoms with van der Waals surface area (Å²) in [4.78, 5) is 10.0. The third-order valence-corrected chi connectivity index (χ3v) is 9.16. The standard InChI is InChI=1S/C46H30N2/c1-3-12-31(13-4-1)36-18-11-19-38(28-36)44-30-43(47-46(48-44)35-15-5-2-6-16-35)33-22-24-34(25-23-33)45-40-21-10-8-17-37(40)29-42-39-20-9-7-14-32(39)26-27-41(42)45/h1-30H/i30D. The molecule has 0 saturated carbocycles. The van der Waals surface area contributed by atoms with Crippen molar-refractivity contribution in [1.82, 2.24) is 9.97 Å². The summed E-state index contributed by atoms with van der Waals surface area (Å²) >= 11 is 0. The molecular weight excluding hydrogens is 581 g/mol. The van der Waals surface area contributed by atoms with Crippen LogP contribution in [0.3, 0.4) is 0 Å². The predicted molar refractivity (Wildman–Crippen MR) is 202 cm³/mol. The maximum Gasteiger partial charge on any atom is 0.160 e. The van der Waals surface area contributed by atoms with Crippen LogP contribution >= 0.6 is 0 Å². The molecule has 0 fully saturated rings. The van der Waals surface area contributed by atoms with Crippen LogP contribution in [-0.4, -0.2) is 9.97 Å². The van der Waals surface area contributed by atoms with Crippen molar-refractivity contribution in [3.63, 3.8) is 0 Å². The molecular formula is C46H30N2. The zero-order valence-electron chi connectivity index (χ0n) is 27.1. The molecule has 1 aromatic heterocycles. The molecule has 2 heteroatoms. The Morgan fingerprint density at radius 2 is 0.917 bits per heavy atom. The Morgan fingerprint density at radius 3 is 1.69 bits per heavy atom. The Morgan fingerprint density at radius 1 is 0.333 bits per heavy atom. The van der Waals surface area contributed by atoms with Crippen LogP contribution < -0.4 is 0 Å². The lowest BCUT2D eigenvalue weighted by Gasteiger charge is -2.15. The summed E-state index contributed by atoms with van der Waals surface area (Å²) < 4.78 is 9.44. The first-order chi connectivity index (χ1) is 24.2. The van der Waals surface area contributed by atoms with Crippen LogP contribution in [0.15, 0.2) is 182 Å². The van der Waals surface area contributed by atoms with E-state index in [2.05, 4.69) is 115 Å². The second-order valence-corrected chi connectivity index (χ2v) is 12.1. The van der Waals surface area contributed by atoms with E-state index in [1.165, 1.54) is 37.9 Å². The molecule has 0 unspecified atom stereocenters. The van der Waals surface area contributed by atoms with E-state index < -0.39 is 0 Å². The van der Waals surface area contributed by atoms with E-state index in [-0.39, 0.29) is 0 Å². The zero-order valence-corrected chi connectivity index (χ0v) is 26.1. The van der Waals surface area contributed by atoms with Crippen molar-refractivity contribution in [1.29, 1.82) is 0 Å². The van der Waals surface area contributed by atoms with Gasteiger partial charge in [0, 0.05) is 16.7 Å². The molecule has 2 nitrogen and oxygen atoms in total. The molecule has 0 atom stereocenters. The van der Waals surface area contributed by atoms with E-state index in [1.807, 2.05) is 60.7 Å². The molecule has 0 radical (unpaired) electrons. The fourth-order valence-corrected chi connectivity index (χ4v) is 6.80. The van der Waals surface area contributed by atoms with Crippen LogP contribution in [0.25, 0.3) is 88.5 Å². The quantitative estimate of drug-likeness (QED) is 0.143. The van der Waals surface area contributed by atoms with E-state index in [4.69, 9.17) is 9.97 Å². The van der Waals surface area contributed by atoms with Gasteiger partial charge >= 0.3 is 0 Å². The largest absolute Gasteiger partial charge is 0.228 e. The first-order valence-electron chi connectivity index (χ1n) is 16.8. The van der Waals surface area contributed by atoms with Crippen molar-refractivity contribution in [2.24, 2.45) is 0 Å². The third kappa shape index (κ3) is 5.01. The van der Waals surface area contributed by atoms with E-state index in [9.17, 15) is 1.37 Å². The summed E-state index contributed by atoms with van der Waals surface area (Å²) in [6, 6.07) is 61.5. The highest BCUT2D eigenvalue weighted by molar-refractivity contribution is 6.20. The molecule has 0 bridgehead atoms. The Balaban J connectivity index is 1.21. The lowest BCUT2D eigenvalue weighted by Crippen LogP contribution is -1.96. The van der Waals surface area contributed by atoms with Crippen LogP contribution in [0.4, 0.5) is 0 Å². The molecule has 8 aromatic carbocycles. The number of fused-ring (bicyclic) bond motifs is 4. The van der Waals surface area contributed by atoms with Crippen LogP contribution in [0.5, 0.6) is 0 Å². The Hall–Kier alpha value is -6.38. The summed E-state index contributed by atoms with van der Waals surface area (Å²) in [5.41, 5.74) is 8.43. The molecule has 9 aromatic rings. The summed E-state index contributed by atoms with van der Waals surface area (Å²) in [6.45, 7) is 0. The van der Waals surface area contributed by atoms with Crippen molar-refractivity contribution in [3.8, 4) is 56.2 Å². The van der Waals surface area contributed by atoms with Gasteiger partial charge in [-0.2, -0.15) is 0 Å². The van der Waals surface area contributed by atoms with Crippen molar-refractivity contribution in [3.05, 3.63) is 182 Å². The third-order valence-electron chi connectivity index (χ3n) is 9.16. The van der Waals surface area contributed by atoms with Gasteiger partial charge in [-0.25, -0.2) is 9.97 Å². The number of hydrogen-bond acceptors (Lipinski definition) is 2. The lowest BCUT2D eigenvalue weighted by molar-refractivity contribution is 1.18. The highest BCUT2D eigenvalue weighted by Crippen LogP contribution is 2.40. The fraction of sp³-hybridized carbons (Fsp3) is 0. The number of benzene rings is 8. The fourth-order valence-electron chi connectivity index (χ4n) is 6.80. The summed E-state index contributed by atoms with van der Waals surface area (Å²) in [5, 5.41) is 7.38. The van der Waals surface area contributed by atoms with Gasteiger partial charge in [0.1, 0.15) is 0 Å². The minimum atomic E-state index is 0.305. The SMILES string of the molecule is [2H]c1c(-c2ccc(-c3c4ccccc4cc4c3ccc3ccccc34)cc2)nc(-c2ccccc2)nc1-c1cccc(-c2ccccc2)c1. The lowest BCUT2D eigenvalue weighted by atomic mass is 9.89. The zero-order chi connectivity index (χ0) is 32.7. The highest BCUT2D eigenvalue weighted by atomic mass is 14.9. The van der Waals surface area contributed by atoms with Gasteiger partial charge < -0.3 is 0 Å². The molecule has 0 amide bonds. The number of nitrogens with zero attached hydrogens (tertiary/aromatic N) is 2. The second kappa shape index (κ2) is 11.8. The van der Waals surface area contributed by atoms with E-state index in [0.717, 1.165) is 33.4 Å².